The van der Waals surface area contributed by atoms with Crippen LogP contribution in [-0.2, 0) is 6.61 Å². The molecule has 0 heterocycles. The van der Waals surface area contributed by atoms with E-state index in [0.717, 1.165) is 0 Å². The molecule has 14 heavy (non-hydrogen) atoms. The summed E-state index contributed by atoms with van der Waals surface area (Å²) in [6.07, 6.45) is -0.727. The van der Waals surface area contributed by atoms with E-state index in [4.69, 9.17) is 10.8 Å². The largest absolute Gasteiger partial charge is 0.392 e. The van der Waals surface area contributed by atoms with Crippen LogP contribution in [0, 0.1) is 5.82 Å². The maximum absolute atomic E-state index is 13.2. The molecule has 78 valence electrons. The summed E-state index contributed by atoms with van der Waals surface area (Å²) >= 11 is 0. The number of benzene rings is 1. The molecule has 0 amide bonds. The van der Waals surface area contributed by atoms with E-state index in [1.807, 2.05) is 0 Å². The van der Waals surface area contributed by atoms with E-state index in [1.165, 1.54) is 12.1 Å². The first-order chi connectivity index (χ1) is 6.56. The van der Waals surface area contributed by atoms with Crippen LogP contribution in [0.5, 0.6) is 0 Å². The Kier molecular flexibility index (Phi) is 3.57. The van der Waals surface area contributed by atoms with Gasteiger partial charge in [0.1, 0.15) is 5.82 Å². The van der Waals surface area contributed by atoms with Crippen molar-refractivity contribution in [3.63, 3.8) is 0 Å². The molecule has 1 aromatic carbocycles. The van der Waals surface area contributed by atoms with Gasteiger partial charge in [0.15, 0.2) is 0 Å². The molecule has 4 N–H and O–H groups in total. The van der Waals surface area contributed by atoms with Gasteiger partial charge in [0.2, 0.25) is 0 Å². The minimum atomic E-state index is -0.727. The van der Waals surface area contributed by atoms with Gasteiger partial charge in [0.05, 0.1) is 18.8 Å². The van der Waals surface area contributed by atoms with Gasteiger partial charge in [-0.15, -0.1) is 0 Å². The summed E-state index contributed by atoms with van der Waals surface area (Å²) in [6, 6.07) is 3.71. The standard InChI is InChI=1S/C10H14FNO2/c1-6(14)10(12)7-2-3-8(5-13)9(11)4-7/h2-4,6,10,13-14H,5,12H2,1H3/t6-,10+/m0/s1. The third-order valence-electron chi connectivity index (χ3n) is 2.15. The average Bonchev–Trinajstić information content (AvgIpc) is 2.16. The molecule has 0 radical (unpaired) electrons. The SMILES string of the molecule is C[C@H](O)[C@@H](N)c1ccc(CO)c(F)c1. The Morgan fingerprint density at radius 3 is 2.57 bits per heavy atom. The lowest BCUT2D eigenvalue weighted by molar-refractivity contribution is 0.164. The van der Waals surface area contributed by atoms with E-state index >= 15 is 0 Å². The number of aliphatic hydroxyl groups excluding tert-OH is 2. The number of rotatable bonds is 3. The fourth-order valence-electron chi connectivity index (χ4n) is 1.18. The van der Waals surface area contributed by atoms with Gasteiger partial charge in [-0.3, -0.25) is 0 Å². The smallest absolute Gasteiger partial charge is 0.129 e. The molecule has 0 aliphatic heterocycles. The van der Waals surface area contributed by atoms with Crippen molar-refractivity contribution in [3.05, 3.63) is 35.1 Å². The fraction of sp³-hybridized carbons (Fsp3) is 0.400. The quantitative estimate of drug-likeness (QED) is 0.671. The molecule has 1 aromatic rings. The van der Waals surface area contributed by atoms with E-state index in [1.54, 1.807) is 13.0 Å². The highest BCUT2D eigenvalue weighted by Gasteiger charge is 2.13. The monoisotopic (exact) mass is 199 g/mol. The van der Waals surface area contributed by atoms with Gasteiger partial charge in [-0.25, -0.2) is 4.39 Å². The molecule has 0 aromatic heterocycles. The topological polar surface area (TPSA) is 66.5 Å². The normalized spacial score (nSPS) is 15.2. The molecule has 0 aliphatic rings. The van der Waals surface area contributed by atoms with Crippen LogP contribution in [0.15, 0.2) is 18.2 Å². The maximum Gasteiger partial charge on any atom is 0.129 e. The molecule has 0 saturated carbocycles. The first kappa shape index (κ1) is 11.1. The number of nitrogens with two attached hydrogens (primary N) is 1. The summed E-state index contributed by atoms with van der Waals surface area (Å²) < 4.78 is 13.2. The van der Waals surface area contributed by atoms with E-state index < -0.39 is 18.0 Å². The van der Waals surface area contributed by atoms with Gasteiger partial charge in [0.25, 0.3) is 0 Å². The van der Waals surface area contributed by atoms with Crippen LogP contribution in [-0.4, -0.2) is 16.3 Å². The second kappa shape index (κ2) is 4.50. The minimum Gasteiger partial charge on any atom is -0.392 e. The molecule has 0 fully saturated rings. The minimum absolute atomic E-state index is 0.228. The summed E-state index contributed by atoms with van der Waals surface area (Å²) in [4.78, 5) is 0. The zero-order chi connectivity index (χ0) is 10.7. The molecule has 0 spiro atoms. The predicted octanol–water partition coefficient (Wildman–Crippen LogP) is 0.699. The second-order valence-corrected chi connectivity index (χ2v) is 3.28. The van der Waals surface area contributed by atoms with Crippen molar-refractivity contribution in [1.82, 2.24) is 0 Å². The number of hydrogen-bond acceptors (Lipinski definition) is 3. The lowest BCUT2D eigenvalue weighted by atomic mass is 10.0. The molecule has 4 heteroatoms. The number of aliphatic hydroxyl groups is 2. The third-order valence-corrected chi connectivity index (χ3v) is 2.15. The van der Waals surface area contributed by atoms with Crippen LogP contribution in [0.2, 0.25) is 0 Å². The highest BCUT2D eigenvalue weighted by Crippen LogP contribution is 2.17. The van der Waals surface area contributed by atoms with Gasteiger partial charge in [-0.2, -0.15) is 0 Å². The molecule has 1 rings (SSSR count). The zero-order valence-electron chi connectivity index (χ0n) is 7.94. The molecule has 0 unspecified atom stereocenters. The highest BCUT2D eigenvalue weighted by molar-refractivity contribution is 5.26. The van der Waals surface area contributed by atoms with E-state index in [-0.39, 0.29) is 12.2 Å². The van der Waals surface area contributed by atoms with Gasteiger partial charge < -0.3 is 15.9 Å². The summed E-state index contributed by atoms with van der Waals surface area (Å²) in [5, 5.41) is 17.9. The average molecular weight is 199 g/mol. The third kappa shape index (κ3) is 2.29. The van der Waals surface area contributed by atoms with Crippen LogP contribution in [0.4, 0.5) is 4.39 Å². The van der Waals surface area contributed by atoms with E-state index in [2.05, 4.69) is 0 Å². The summed E-state index contributed by atoms with van der Waals surface area (Å²) in [5.41, 5.74) is 6.37. The molecule has 0 aliphatic carbocycles. The zero-order valence-corrected chi connectivity index (χ0v) is 7.94. The lowest BCUT2D eigenvalue weighted by Gasteiger charge is -2.15. The summed E-state index contributed by atoms with van der Waals surface area (Å²) in [7, 11) is 0. The van der Waals surface area contributed by atoms with Crippen LogP contribution in [0.25, 0.3) is 0 Å². The Labute approximate surface area is 82.0 Å². The Balaban J connectivity index is 2.96. The van der Waals surface area contributed by atoms with Crippen molar-refractivity contribution in [1.29, 1.82) is 0 Å². The molecule has 0 bridgehead atoms. The highest BCUT2D eigenvalue weighted by atomic mass is 19.1. The molecular formula is C10H14FNO2. The van der Waals surface area contributed by atoms with Crippen LogP contribution in [0.3, 0.4) is 0 Å². The van der Waals surface area contributed by atoms with E-state index in [0.29, 0.717) is 5.56 Å². The Bertz CT molecular complexity index is 315. The Morgan fingerprint density at radius 2 is 2.14 bits per heavy atom. The summed E-state index contributed by atoms with van der Waals surface area (Å²) in [6.45, 7) is 1.21. The van der Waals surface area contributed by atoms with Crippen molar-refractivity contribution in [2.75, 3.05) is 0 Å². The maximum atomic E-state index is 13.2. The molecule has 3 nitrogen and oxygen atoms in total. The Morgan fingerprint density at radius 1 is 1.50 bits per heavy atom. The van der Waals surface area contributed by atoms with Gasteiger partial charge in [-0.1, -0.05) is 12.1 Å². The van der Waals surface area contributed by atoms with Crippen LogP contribution in [0.1, 0.15) is 24.1 Å². The lowest BCUT2D eigenvalue weighted by Crippen LogP contribution is -2.23. The van der Waals surface area contributed by atoms with Gasteiger partial charge in [-0.05, 0) is 18.6 Å². The van der Waals surface area contributed by atoms with Crippen molar-refractivity contribution in [2.24, 2.45) is 5.73 Å². The fourth-order valence-corrected chi connectivity index (χ4v) is 1.18. The summed E-state index contributed by atoms with van der Waals surface area (Å²) in [5.74, 6) is -0.499. The van der Waals surface area contributed by atoms with Gasteiger partial charge >= 0.3 is 0 Å². The first-order valence-electron chi connectivity index (χ1n) is 4.39. The first-order valence-corrected chi connectivity index (χ1v) is 4.39. The molecular weight excluding hydrogens is 185 g/mol. The second-order valence-electron chi connectivity index (χ2n) is 3.28. The number of halogens is 1. The van der Waals surface area contributed by atoms with Crippen molar-refractivity contribution in [3.8, 4) is 0 Å². The van der Waals surface area contributed by atoms with Crippen molar-refractivity contribution < 1.29 is 14.6 Å². The van der Waals surface area contributed by atoms with E-state index in [9.17, 15) is 9.50 Å². The number of hydrogen-bond donors (Lipinski definition) is 3. The predicted molar refractivity (Wildman–Crippen MR) is 50.9 cm³/mol. The van der Waals surface area contributed by atoms with Crippen molar-refractivity contribution >= 4 is 0 Å². The van der Waals surface area contributed by atoms with Crippen LogP contribution < -0.4 is 5.73 Å². The Hall–Kier alpha value is -0.970. The molecule has 0 saturated heterocycles. The van der Waals surface area contributed by atoms with Gasteiger partial charge in [0, 0.05) is 5.56 Å². The van der Waals surface area contributed by atoms with Crippen LogP contribution >= 0.6 is 0 Å². The van der Waals surface area contributed by atoms with Crippen molar-refractivity contribution in [2.45, 2.75) is 25.7 Å². The molecule has 2 atom stereocenters.